The Kier molecular flexibility index (Phi) is 5.14. The Labute approximate surface area is 190 Å². The Morgan fingerprint density at radius 3 is 2.71 bits per heavy atom. The van der Waals surface area contributed by atoms with Crippen LogP contribution in [0, 0.1) is 13.8 Å². The average Bonchev–Trinajstić information content (AvgIpc) is 3.31. The van der Waals surface area contributed by atoms with Gasteiger partial charge in [-0.15, -0.1) is 0 Å². The summed E-state index contributed by atoms with van der Waals surface area (Å²) in [5, 5.41) is 0. The fourth-order valence-electron chi connectivity index (χ4n) is 4.49. The molecule has 1 aliphatic heterocycles. The Hall–Kier alpha value is -2.92. The second kappa shape index (κ2) is 7.97. The van der Waals surface area contributed by atoms with Crippen molar-refractivity contribution in [2.24, 2.45) is 0 Å². The molecule has 5 rings (SSSR count). The first kappa shape index (κ1) is 20.0. The molecular weight excluding hydrogens is 450 g/mol. The number of nitrogens with zero attached hydrogens (tertiary/aromatic N) is 3. The molecule has 1 unspecified atom stereocenters. The van der Waals surface area contributed by atoms with Crippen molar-refractivity contribution in [3.63, 3.8) is 0 Å². The first-order valence-corrected chi connectivity index (χ1v) is 11.4. The van der Waals surface area contributed by atoms with Gasteiger partial charge in [0.15, 0.2) is 0 Å². The van der Waals surface area contributed by atoms with Gasteiger partial charge >= 0.3 is 0 Å². The highest BCUT2D eigenvalue weighted by Gasteiger charge is 2.35. The van der Waals surface area contributed by atoms with Gasteiger partial charge in [-0.25, -0.2) is 4.98 Å². The lowest BCUT2D eigenvalue weighted by Crippen LogP contribution is -2.24. The standard InChI is InChI=1S/C26H24BrN3O/c1-17-10-11-18(2)19(12-17)15-30-24-9-4-3-8-23(24)28-26(30)20-13-25(31)29(16-20)22-7-5-6-21(27)14-22/h3-12,14,20H,13,15-16H2,1-2H3. The van der Waals surface area contributed by atoms with Gasteiger partial charge in [0, 0.05) is 35.6 Å². The summed E-state index contributed by atoms with van der Waals surface area (Å²) in [4.78, 5) is 19.8. The second-order valence-electron chi connectivity index (χ2n) is 8.36. The molecule has 2 heterocycles. The van der Waals surface area contributed by atoms with E-state index in [1.165, 1.54) is 16.7 Å². The van der Waals surface area contributed by atoms with Crippen molar-refractivity contribution >= 4 is 38.6 Å². The van der Waals surface area contributed by atoms with Crippen LogP contribution in [0.2, 0.25) is 0 Å². The number of amides is 1. The summed E-state index contributed by atoms with van der Waals surface area (Å²) in [5.41, 5.74) is 6.84. The fourth-order valence-corrected chi connectivity index (χ4v) is 4.87. The van der Waals surface area contributed by atoms with Gasteiger partial charge in [0.25, 0.3) is 0 Å². The van der Waals surface area contributed by atoms with Crippen LogP contribution in [0.25, 0.3) is 11.0 Å². The van der Waals surface area contributed by atoms with Gasteiger partial charge in [-0.05, 0) is 55.3 Å². The van der Waals surface area contributed by atoms with Gasteiger partial charge < -0.3 is 9.47 Å². The number of hydrogen-bond donors (Lipinski definition) is 0. The summed E-state index contributed by atoms with van der Waals surface area (Å²) in [7, 11) is 0. The van der Waals surface area contributed by atoms with Crippen molar-refractivity contribution in [1.29, 1.82) is 0 Å². The quantitative estimate of drug-likeness (QED) is 0.365. The van der Waals surface area contributed by atoms with E-state index in [9.17, 15) is 4.79 Å². The molecule has 0 N–H and O–H groups in total. The van der Waals surface area contributed by atoms with Gasteiger partial charge in [-0.2, -0.15) is 0 Å². The van der Waals surface area contributed by atoms with Crippen LogP contribution < -0.4 is 4.90 Å². The molecule has 3 aromatic carbocycles. The van der Waals surface area contributed by atoms with Gasteiger partial charge in [-0.3, -0.25) is 4.79 Å². The highest BCUT2D eigenvalue weighted by Crippen LogP contribution is 2.34. The molecule has 1 atom stereocenters. The van der Waals surface area contributed by atoms with Gasteiger partial charge in [0.1, 0.15) is 5.82 Å². The van der Waals surface area contributed by atoms with Crippen LogP contribution in [-0.2, 0) is 11.3 Å². The molecule has 4 nitrogen and oxygen atoms in total. The summed E-state index contributed by atoms with van der Waals surface area (Å²) in [6.07, 6.45) is 0.475. The molecule has 1 amide bonds. The third-order valence-corrected chi connectivity index (χ3v) is 6.62. The molecule has 1 saturated heterocycles. The Morgan fingerprint density at radius 2 is 1.87 bits per heavy atom. The van der Waals surface area contributed by atoms with E-state index >= 15 is 0 Å². The Balaban J connectivity index is 1.55. The zero-order valence-corrected chi connectivity index (χ0v) is 19.3. The fraction of sp³-hybridized carbons (Fsp3) is 0.231. The molecular formula is C26H24BrN3O. The van der Waals surface area contributed by atoms with E-state index in [1.807, 2.05) is 35.2 Å². The van der Waals surface area contributed by atoms with E-state index in [2.05, 4.69) is 70.7 Å². The highest BCUT2D eigenvalue weighted by molar-refractivity contribution is 9.10. The number of rotatable bonds is 4. The molecule has 0 spiro atoms. The highest BCUT2D eigenvalue weighted by atomic mass is 79.9. The van der Waals surface area contributed by atoms with Gasteiger partial charge in [0.05, 0.1) is 11.0 Å². The van der Waals surface area contributed by atoms with E-state index in [0.29, 0.717) is 13.0 Å². The minimum Gasteiger partial charge on any atom is -0.323 e. The lowest BCUT2D eigenvalue weighted by Gasteiger charge is -2.18. The Bertz CT molecular complexity index is 1290. The first-order chi connectivity index (χ1) is 15.0. The number of halogens is 1. The van der Waals surface area contributed by atoms with Gasteiger partial charge in [-0.1, -0.05) is 57.9 Å². The molecule has 0 aliphatic carbocycles. The molecule has 31 heavy (non-hydrogen) atoms. The van der Waals surface area contributed by atoms with E-state index in [4.69, 9.17) is 4.98 Å². The predicted molar refractivity (Wildman–Crippen MR) is 129 cm³/mol. The van der Waals surface area contributed by atoms with Crippen LogP contribution >= 0.6 is 15.9 Å². The van der Waals surface area contributed by atoms with Crippen molar-refractivity contribution in [1.82, 2.24) is 9.55 Å². The van der Waals surface area contributed by atoms with E-state index in [-0.39, 0.29) is 11.8 Å². The zero-order chi connectivity index (χ0) is 21.5. The lowest BCUT2D eigenvalue weighted by molar-refractivity contribution is -0.117. The molecule has 0 saturated carbocycles. The number of carbonyl (C=O) groups excluding carboxylic acids is 1. The van der Waals surface area contributed by atoms with Crippen molar-refractivity contribution in [3.05, 3.63) is 93.7 Å². The Morgan fingerprint density at radius 1 is 1.03 bits per heavy atom. The van der Waals surface area contributed by atoms with Crippen LogP contribution in [0.1, 0.15) is 34.9 Å². The predicted octanol–water partition coefficient (Wildman–Crippen LogP) is 5.98. The van der Waals surface area contributed by atoms with Crippen LogP contribution in [0.5, 0.6) is 0 Å². The minimum atomic E-state index is 0.0593. The summed E-state index contributed by atoms with van der Waals surface area (Å²) in [5.74, 6) is 1.20. The third kappa shape index (κ3) is 3.79. The number of aromatic nitrogens is 2. The zero-order valence-electron chi connectivity index (χ0n) is 17.7. The van der Waals surface area contributed by atoms with E-state index in [1.54, 1.807) is 0 Å². The topological polar surface area (TPSA) is 38.1 Å². The molecule has 1 aromatic heterocycles. The summed E-state index contributed by atoms with van der Waals surface area (Å²) >= 11 is 3.52. The van der Waals surface area contributed by atoms with Crippen molar-refractivity contribution in [2.45, 2.75) is 32.7 Å². The van der Waals surface area contributed by atoms with Crippen LogP contribution in [-0.4, -0.2) is 22.0 Å². The second-order valence-corrected chi connectivity index (χ2v) is 9.28. The number of aryl methyl sites for hydroxylation is 2. The van der Waals surface area contributed by atoms with E-state index in [0.717, 1.165) is 33.6 Å². The summed E-state index contributed by atoms with van der Waals surface area (Å²) < 4.78 is 3.28. The minimum absolute atomic E-state index is 0.0593. The number of fused-ring (bicyclic) bond motifs is 1. The molecule has 1 fully saturated rings. The molecule has 5 heteroatoms. The maximum absolute atomic E-state index is 12.9. The molecule has 1 aliphatic rings. The molecule has 0 bridgehead atoms. The number of anilines is 1. The monoisotopic (exact) mass is 473 g/mol. The maximum atomic E-state index is 12.9. The number of para-hydroxylation sites is 2. The molecule has 0 radical (unpaired) electrons. The SMILES string of the molecule is Cc1ccc(C)c(Cn2c(C3CC(=O)N(c4cccc(Br)c4)C3)nc3ccccc32)c1. The summed E-state index contributed by atoms with van der Waals surface area (Å²) in [6, 6.07) is 22.8. The van der Waals surface area contributed by atoms with Crippen molar-refractivity contribution < 1.29 is 4.79 Å². The van der Waals surface area contributed by atoms with Crippen LogP contribution in [0.3, 0.4) is 0 Å². The summed E-state index contributed by atoms with van der Waals surface area (Å²) in [6.45, 7) is 5.68. The van der Waals surface area contributed by atoms with Gasteiger partial charge in [0.2, 0.25) is 5.91 Å². The number of benzene rings is 3. The molecule has 156 valence electrons. The van der Waals surface area contributed by atoms with Crippen molar-refractivity contribution in [2.75, 3.05) is 11.4 Å². The smallest absolute Gasteiger partial charge is 0.227 e. The normalized spacial score (nSPS) is 16.4. The first-order valence-electron chi connectivity index (χ1n) is 10.6. The van der Waals surface area contributed by atoms with Crippen molar-refractivity contribution in [3.8, 4) is 0 Å². The average molecular weight is 474 g/mol. The largest absolute Gasteiger partial charge is 0.323 e. The number of hydrogen-bond acceptors (Lipinski definition) is 2. The lowest BCUT2D eigenvalue weighted by atomic mass is 10.0. The van der Waals surface area contributed by atoms with E-state index < -0.39 is 0 Å². The molecule has 4 aromatic rings. The number of imidazole rings is 1. The number of carbonyl (C=O) groups is 1. The van der Waals surface area contributed by atoms with Crippen LogP contribution in [0.4, 0.5) is 5.69 Å². The maximum Gasteiger partial charge on any atom is 0.227 e. The third-order valence-electron chi connectivity index (χ3n) is 6.13. The van der Waals surface area contributed by atoms with Crippen LogP contribution in [0.15, 0.2) is 71.2 Å².